The molecule has 0 aromatic heterocycles. The van der Waals surface area contributed by atoms with Crippen molar-refractivity contribution >= 4 is 5.69 Å². The smallest absolute Gasteiger partial charge is 0.0438 e. The van der Waals surface area contributed by atoms with Crippen LogP contribution in [0.1, 0.15) is 36.3 Å². The Morgan fingerprint density at radius 1 is 1.24 bits per heavy atom. The lowest BCUT2D eigenvalue weighted by molar-refractivity contribution is 0.502. The number of benzene rings is 1. The highest BCUT2D eigenvalue weighted by molar-refractivity contribution is 5.68. The van der Waals surface area contributed by atoms with Crippen molar-refractivity contribution in [2.45, 2.75) is 37.6 Å². The zero-order valence-electron chi connectivity index (χ0n) is 10.3. The molecule has 90 valence electrons. The summed E-state index contributed by atoms with van der Waals surface area (Å²) >= 11 is 0. The van der Waals surface area contributed by atoms with Gasteiger partial charge in [0.25, 0.3) is 0 Å². The van der Waals surface area contributed by atoms with Crippen molar-refractivity contribution in [3.05, 3.63) is 29.3 Å². The molecule has 17 heavy (non-hydrogen) atoms. The van der Waals surface area contributed by atoms with Crippen LogP contribution in [0.4, 0.5) is 5.69 Å². The van der Waals surface area contributed by atoms with Crippen LogP contribution in [-0.2, 0) is 6.42 Å². The zero-order chi connectivity index (χ0) is 11.2. The van der Waals surface area contributed by atoms with E-state index in [9.17, 15) is 0 Å². The third-order valence-electron chi connectivity index (χ3n) is 4.77. The van der Waals surface area contributed by atoms with Gasteiger partial charge in [-0.2, -0.15) is 0 Å². The van der Waals surface area contributed by atoms with Crippen molar-refractivity contribution in [2.24, 2.45) is 0 Å². The lowest BCUT2D eigenvalue weighted by Crippen LogP contribution is -2.37. The second kappa shape index (κ2) is 3.74. The normalized spacial score (nSPS) is 30.7. The Hall–Kier alpha value is -1.02. The van der Waals surface area contributed by atoms with E-state index in [1.54, 1.807) is 16.8 Å². The number of nitrogens with one attached hydrogen (secondary N) is 1. The Labute approximate surface area is 103 Å². The van der Waals surface area contributed by atoms with Gasteiger partial charge < -0.3 is 10.2 Å². The minimum Gasteiger partial charge on any atom is -0.367 e. The van der Waals surface area contributed by atoms with Crippen molar-refractivity contribution in [1.29, 1.82) is 0 Å². The lowest BCUT2D eigenvalue weighted by atomic mass is 9.92. The van der Waals surface area contributed by atoms with Gasteiger partial charge in [-0.3, -0.25) is 0 Å². The van der Waals surface area contributed by atoms with E-state index in [-0.39, 0.29) is 0 Å². The minimum absolute atomic E-state index is 0.741. The number of rotatable bonds is 0. The summed E-state index contributed by atoms with van der Waals surface area (Å²) in [6, 6.07) is 7.75. The maximum atomic E-state index is 3.62. The van der Waals surface area contributed by atoms with Crippen LogP contribution in [0.2, 0.25) is 0 Å². The third kappa shape index (κ3) is 1.37. The predicted octanol–water partition coefficient (Wildman–Crippen LogP) is 2.29. The molecular weight excluding hydrogens is 208 g/mol. The molecule has 0 unspecified atom stereocenters. The second-order valence-corrected chi connectivity index (χ2v) is 5.67. The Morgan fingerprint density at radius 2 is 2.24 bits per heavy atom. The van der Waals surface area contributed by atoms with Gasteiger partial charge in [0.1, 0.15) is 0 Å². The average Bonchev–Trinajstić information content (AvgIpc) is 2.55. The summed E-state index contributed by atoms with van der Waals surface area (Å²) in [5.41, 5.74) is 4.83. The van der Waals surface area contributed by atoms with E-state index in [2.05, 4.69) is 28.4 Å². The highest BCUT2D eigenvalue weighted by atomic mass is 15.2. The first kappa shape index (κ1) is 9.95. The monoisotopic (exact) mass is 228 g/mol. The Balaban J connectivity index is 1.85. The zero-order valence-corrected chi connectivity index (χ0v) is 10.3. The van der Waals surface area contributed by atoms with Crippen LogP contribution >= 0.6 is 0 Å². The highest BCUT2D eigenvalue weighted by Gasteiger charge is 2.40. The molecule has 0 spiro atoms. The van der Waals surface area contributed by atoms with Crippen LogP contribution in [0.5, 0.6) is 0 Å². The molecule has 2 atom stereocenters. The Kier molecular flexibility index (Phi) is 2.19. The van der Waals surface area contributed by atoms with Gasteiger partial charge in [0.2, 0.25) is 0 Å². The van der Waals surface area contributed by atoms with E-state index in [0.29, 0.717) is 0 Å². The molecular formula is C15H20N2. The molecule has 1 aromatic carbocycles. The van der Waals surface area contributed by atoms with E-state index in [0.717, 1.165) is 12.0 Å². The Bertz CT molecular complexity index is 441. The van der Waals surface area contributed by atoms with Crippen molar-refractivity contribution in [3.8, 4) is 0 Å². The van der Waals surface area contributed by atoms with Gasteiger partial charge in [-0.25, -0.2) is 0 Å². The molecule has 2 nitrogen and oxygen atoms in total. The van der Waals surface area contributed by atoms with Gasteiger partial charge in [-0.05, 0) is 43.4 Å². The largest absolute Gasteiger partial charge is 0.367 e. The number of nitrogens with zero attached hydrogens (tertiary/aromatic N) is 1. The fourth-order valence-electron chi connectivity index (χ4n) is 4.07. The number of fused-ring (bicyclic) bond motifs is 3. The molecule has 3 aliphatic heterocycles. The molecule has 3 aliphatic rings. The van der Waals surface area contributed by atoms with Crippen molar-refractivity contribution in [2.75, 3.05) is 24.5 Å². The van der Waals surface area contributed by atoms with Gasteiger partial charge in [0.05, 0.1) is 0 Å². The van der Waals surface area contributed by atoms with Crippen LogP contribution in [0.25, 0.3) is 0 Å². The third-order valence-corrected chi connectivity index (χ3v) is 4.77. The van der Waals surface area contributed by atoms with Crippen LogP contribution in [0.15, 0.2) is 18.2 Å². The molecule has 0 bridgehead atoms. The van der Waals surface area contributed by atoms with Crippen molar-refractivity contribution in [3.63, 3.8) is 0 Å². The summed E-state index contributed by atoms with van der Waals surface area (Å²) < 4.78 is 0. The summed E-state index contributed by atoms with van der Waals surface area (Å²) in [7, 11) is 0. The van der Waals surface area contributed by atoms with Crippen LogP contribution in [-0.4, -0.2) is 25.7 Å². The fraction of sp³-hybridized carbons (Fsp3) is 0.600. The van der Waals surface area contributed by atoms with E-state index in [4.69, 9.17) is 0 Å². The molecule has 1 N–H and O–H groups in total. The van der Waals surface area contributed by atoms with Gasteiger partial charge >= 0.3 is 0 Å². The van der Waals surface area contributed by atoms with Gasteiger partial charge in [-0.15, -0.1) is 0 Å². The fourth-order valence-corrected chi connectivity index (χ4v) is 4.07. The molecule has 4 rings (SSSR count). The van der Waals surface area contributed by atoms with E-state index in [1.165, 1.54) is 45.3 Å². The SMILES string of the molecule is c1cc2c3c(c1)[C@@H]1CNCCC[C@@H]1N3CCC2. The molecule has 1 saturated heterocycles. The summed E-state index contributed by atoms with van der Waals surface area (Å²) in [6.45, 7) is 3.67. The average molecular weight is 228 g/mol. The summed E-state index contributed by atoms with van der Waals surface area (Å²) in [4.78, 5) is 2.73. The summed E-state index contributed by atoms with van der Waals surface area (Å²) in [6.07, 6.45) is 5.33. The van der Waals surface area contributed by atoms with E-state index in [1.807, 2.05) is 0 Å². The lowest BCUT2D eigenvalue weighted by Gasteiger charge is -2.33. The second-order valence-electron chi connectivity index (χ2n) is 5.67. The molecule has 0 aliphatic carbocycles. The minimum atomic E-state index is 0.741. The molecule has 0 amide bonds. The maximum absolute atomic E-state index is 3.62. The topological polar surface area (TPSA) is 15.3 Å². The van der Waals surface area contributed by atoms with Crippen LogP contribution in [0.3, 0.4) is 0 Å². The van der Waals surface area contributed by atoms with E-state index >= 15 is 0 Å². The summed E-state index contributed by atoms with van der Waals surface area (Å²) in [5, 5.41) is 3.62. The predicted molar refractivity (Wildman–Crippen MR) is 70.7 cm³/mol. The van der Waals surface area contributed by atoms with Crippen LogP contribution < -0.4 is 10.2 Å². The molecule has 0 radical (unpaired) electrons. The Morgan fingerprint density at radius 3 is 3.24 bits per heavy atom. The number of anilines is 1. The van der Waals surface area contributed by atoms with Crippen molar-refractivity contribution < 1.29 is 0 Å². The first-order valence-corrected chi connectivity index (χ1v) is 7.04. The molecule has 0 saturated carbocycles. The first-order valence-electron chi connectivity index (χ1n) is 7.04. The maximum Gasteiger partial charge on any atom is 0.0438 e. The molecule has 3 heterocycles. The highest BCUT2D eigenvalue weighted by Crippen LogP contribution is 2.47. The van der Waals surface area contributed by atoms with Gasteiger partial charge in [0.15, 0.2) is 0 Å². The number of hydrogen-bond acceptors (Lipinski definition) is 2. The molecule has 1 aromatic rings. The number of hydrogen-bond donors (Lipinski definition) is 1. The van der Waals surface area contributed by atoms with Gasteiger partial charge in [0, 0.05) is 30.7 Å². The van der Waals surface area contributed by atoms with Crippen LogP contribution in [0, 0.1) is 0 Å². The molecule has 1 fully saturated rings. The number of aryl methyl sites for hydroxylation is 1. The van der Waals surface area contributed by atoms with E-state index < -0.39 is 0 Å². The number of para-hydroxylation sites is 1. The standard InChI is InChI=1S/C15H20N2/c1-4-11-5-3-9-17-14-7-2-8-16-10-13(14)12(6-1)15(11)17/h1,4,6,13-14,16H,2-3,5,7-10H2/t13-,14-/m0/s1. The van der Waals surface area contributed by atoms with Gasteiger partial charge in [-0.1, -0.05) is 18.2 Å². The van der Waals surface area contributed by atoms with Crippen molar-refractivity contribution in [1.82, 2.24) is 5.32 Å². The molecule has 2 heteroatoms. The summed E-state index contributed by atoms with van der Waals surface area (Å²) in [5.74, 6) is 0.741. The first-order chi connectivity index (χ1) is 8.45. The quantitative estimate of drug-likeness (QED) is 0.733.